The van der Waals surface area contributed by atoms with Gasteiger partial charge in [-0.2, -0.15) is 0 Å². The first kappa shape index (κ1) is 25.1. The second-order valence-corrected chi connectivity index (χ2v) is 8.37. The van der Waals surface area contributed by atoms with Crippen LogP contribution in [-0.2, 0) is 14.2 Å². The highest BCUT2D eigenvalue weighted by Gasteiger charge is 2.23. The van der Waals surface area contributed by atoms with E-state index in [4.69, 9.17) is 19.2 Å². The molecule has 1 aliphatic carbocycles. The Hall–Kier alpha value is -0.120. The molecule has 3 rings (SSSR count). The molecule has 1 atom stereocenters. The van der Waals surface area contributed by atoms with Crippen LogP contribution in [-0.4, -0.2) is 75.2 Å². The predicted molar refractivity (Wildman–Crippen MR) is 128 cm³/mol. The lowest BCUT2D eigenvalue weighted by Crippen LogP contribution is -2.47. The fourth-order valence-corrected chi connectivity index (χ4v) is 4.40. The van der Waals surface area contributed by atoms with Crippen molar-refractivity contribution in [3.63, 3.8) is 0 Å². The number of piperidine rings is 1. The van der Waals surface area contributed by atoms with Gasteiger partial charge in [-0.1, -0.05) is 12.8 Å². The molecule has 3 aliphatic rings. The fraction of sp³-hybridized carbons (Fsp3) is 0.955. The van der Waals surface area contributed by atoms with Crippen molar-refractivity contribution < 1.29 is 14.2 Å². The Morgan fingerprint density at radius 3 is 2.41 bits per heavy atom. The molecule has 7 heteroatoms. The molecule has 1 saturated carbocycles. The van der Waals surface area contributed by atoms with Crippen LogP contribution in [0.25, 0.3) is 0 Å². The average molecular weight is 524 g/mol. The highest BCUT2D eigenvalue weighted by Crippen LogP contribution is 2.21. The molecule has 6 nitrogen and oxygen atoms in total. The summed E-state index contributed by atoms with van der Waals surface area (Å²) >= 11 is 0. The molecule has 0 aromatic rings. The van der Waals surface area contributed by atoms with Crippen molar-refractivity contribution in [2.75, 3.05) is 46.0 Å². The second kappa shape index (κ2) is 14.8. The number of ether oxygens (including phenoxy) is 3. The van der Waals surface area contributed by atoms with Gasteiger partial charge in [0.1, 0.15) is 0 Å². The van der Waals surface area contributed by atoms with E-state index >= 15 is 0 Å². The van der Waals surface area contributed by atoms with Crippen molar-refractivity contribution in [1.82, 2.24) is 10.2 Å². The zero-order chi connectivity index (χ0) is 19.4. The lowest BCUT2D eigenvalue weighted by Gasteiger charge is -2.35. The summed E-state index contributed by atoms with van der Waals surface area (Å²) < 4.78 is 17.9. The summed E-state index contributed by atoms with van der Waals surface area (Å²) in [5, 5.41) is 3.46. The molecular weight excluding hydrogens is 481 g/mol. The minimum atomic E-state index is 0. The number of rotatable bonds is 9. The first-order chi connectivity index (χ1) is 13.8. The van der Waals surface area contributed by atoms with Crippen molar-refractivity contribution in [1.29, 1.82) is 0 Å². The topological polar surface area (TPSA) is 55.3 Å². The number of nitrogens with zero attached hydrogens (tertiary/aromatic N) is 2. The zero-order valence-electron chi connectivity index (χ0n) is 18.3. The Labute approximate surface area is 194 Å². The molecule has 3 fully saturated rings. The maximum absolute atomic E-state index is 6.14. The van der Waals surface area contributed by atoms with Crippen LogP contribution >= 0.6 is 24.0 Å². The second-order valence-electron chi connectivity index (χ2n) is 8.37. The highest BCUT2D eigenvalue weighted by molar-refractivity contribution is 14.0. The van der Waals surface area contributed by atoms with Gasteiger partial charge in [0.05, 0.1) is 24.9 Å². The maximum atomic E-state index is 6.14. The first-order valence-corrected chi connectivity index (χ1v) is 11.7. The molecular formula is C22H42IN3O3. The highest BCUT2D eigenvalue weighted by atomic mass is 127. The molecule has 0 aromatic carbocycles. The van der Waals surface area contributed by atoms with Crippen LogP contribution in [0, 0.1) is 0 Å². The van der Waals surface area contributed by atoms with E-state index in [1.165, 1.54) is 38.5 Å². The number of hydrogen-bond acceptors (Lipinski definition) is 4. The first-order valence-electron chi connectivity index (χ1n) is 11.7. The van der Waals surface area contributed by atoms with E-state index in [9.17, 15) is 0 Å². The number of nitrogens with one attached hydrogen (secondary N) is 1. The van der Waals surface area contributed by atoms with Gasteiger partial charge in [-0.25, -0.2) is 0 Å². The molecule has 2 heterocycles. The van der Waals surface area contributed by atoms with Gasteiger partial charge in [0.15, 0.2) is 5.96 Å². The van der Waals surface area contributed by atoms with Crippen LogP contribution in [0.1, 0.15) is 71.1 Å². The summed E-state index contributed by atoms with van der Waals surface area (Å²) in [5.41, 5.74) is 0. The summed E-state index contributed by atoms with van der Waals surface area (Å²) in [6.45, 7) is 8.42. The third-order valence-corrected chi connectivity index (χ3v) is 6.09. The van der Waals surface area contributed by atoms with Gasteiger partial charge in [-0.05, 0) is 58.3 Å². The number of guanidine groups is 1. The normalized spacial score (nSPS) is 24.5. The van der Waals surface area contributed by atoms with E-state index in [0.717, 1.165) is 77.6 Å². The van der Waals surface area contributed by atoms with Crippen molar-refractivity contribution in [3.8, 4) is 0 Å². The summed E-state index contributed by atoms with van der Waals surface area (Å²) in [6, 6.07) is 0. The van der Waals surface area contributed by atoms with Crippen molar-refractivity contribution in [3.05, 3.63) is 0 Å². The van der Waals surface area contributed by atoms with E-state index in [1.54, 1.807) is 0 Å². The summed E-state index contributed by atoms with van der Waals surface area (Å²) in [4.78, 5) is 7.22. The van der Waals surface area contributed by atoms with E-state index in [-0.39, 0.29) is 24.0 Å². The minimum absolute atomic E-state index is 0. The predicted octanol–water partition coefficient (Wildman–Crippen LogP) is 3.97. The summed E-state index contributed by atoms with van der Waals surface area (Å²) in [6.07, 6.45) is 13.1. The van der Waals surface area contributed by atoms with E-state index < -0.39 is 0 Å². The maximum Gasteiger partial charge on any atom is 0.193 e. The number of aliphatic imine (C=N–C) groups is 1. The lowest BCUT2D eigenvalue weighted by atomic mass is 10.1. The third kappa shape index (κ3) is 9.27. The van der Waals surface area contributed by atoms with Crippen LogP contribution in [0.15, 0.2) is 4.99 Å². The SMILES string of the molecule is CCNC(=NCCCOC1CCCC1)N1CCC(OCC2CCCCO2)CC1.I. The van der Waals surface area contributed by atoms with E-state index in [0.29, 0.717) is 18.3 Å². The Bertz CT molecular complexity index is 447. The van der Waals surface area contributed by atoms with Gasteiger partial charge < -0.3 is 24.4 Å². The van der Waals surface area contributed by atoms with Gasteiger partial charge in [0, 0.05) is 39.4 Å². The monoisotopic (exact) mass is 523 g/mol. The molecule has 1 N–H and O–H groups in total. The summed E-state index contributed by atoms with van der Waals surface area (Å²) in [7, 11) is 0. The van der Waals surface area contributed by atoms with Crippen molar-refractivity contribution >= 4 is 29.9 Å². The Morgan fingerprint density at radius 1 is 1.00 bits per heavy atom. The largest absolute Gasteiger partial charge is 0.378 e. The van der Waals surface area contributed by atoms with Crippen molar-refractivity contribution in [2.45, 2.75) is 89.4 Å². The molecule has 0 amide bonds. The fourth-order valence-electron chi connectivity index (χ4n) is 4.40. The van der Waals surface area contributed by atoms with Gasteiger partial charge in [-0.15, -0.1) is 24.0 Å². The number of hydrogen-bond donors (Lipinski definition) is 1. The van der Waals surface area contributed by atoms with Crippen LogP contribution in [0.5, 0.6) is 0 Å². The van der Waals surface area contributed by atoms with E-state index in [1.807, 2.05) is 0 Å². The van der Waals surface area contributed by atoms with Gasteiger partial charge in [-0.3, -0.25) is 4.99 Å². The lowest BCUT2D eigenvalue weighted by molar-refractivity contribution is -0.0721. The van der Waals surface area contributed by atoms with Gasteiger partial charge >= 0.3 is 0 Å². The third-order valence-electron chi connectivity index (χ3n) is 6.09. The Kier molecular flexibility index (Phi) is 12.8. The minimum Gasteiger partial charge on any atom is -0.378 e. The molecule has 0 spiro atoms. The molecule has 1 unspecified atom stereocenters. The average Bonchev–Trinajstić information content (AvgIpc) is 3.26. The van der Waals surface area contributed by atoms with Gasteiger partial charge in [0.25, 0.3) is 0 Å². The Balaban J connectivity index is 0.00000300. The van der Waals surface area contributed by atoms with Gasteiger partial charge in [0.2, 0.25) is 0 Å². The standard InChI is InChI=1S/C22H41N3O3.HI/c1-2-23-22(24-13-7-17-26-19-8-3-4-9-19)25-14-11-20(12-15-25)28-18-21-10-5-6-16-27-21;/h19-21H,2-18H2,1H3,(H,23,24);1H. The van der Waals surface area contributed by atoms with Crippen molar-refractivity contribution in [2.24, 2.45) is 4.99 Å². The van der Waals surface area contributed by atoms with Crippen LogP contribution in [0.3, 0.4) is 0 Å². The molecule has 0 radical (unpaired) electrons. The van der Waals surface area contributed by atoms with Crippen LogP contribution < -0.4 is 5.32 Å². The molecule has 0 aromatic heterocycles. The zero-order valence-corrected chi connectivity index (χ0v) is 20.6. The Morgan fingerprint density at radius 2 is 1.72 bits per heavy atom. The smallest absolute Gasteiger partial charge is 0.193 e. The number of halogens is 1. The quantitative estimate of drug-likeness (QED) is 0.215. The summed E-state index contributed by atoms with van der Waals surface area (Å²) in [5.74, 6) is 1.05. The molecule has 29 heavy (non-hydrogen) atoms. The molecule has 170 valence electrons. The van der Waals surface area contributed by atoms with Crippen LogP contribution in [0.2, 0.25) is 0 Å². The molecule has 2 saturated heterocycles. The molecule has 0 bridgehead atoms. The molecule has 2 aliphatic heterocycles. The van der Waals surface area contributed by atoms with E-state index in [2.05, 4.69) is 17.1 Å². The number of likely N-dealkylation sites (tertiary alicyclic amines) is 1. The van der Waals surface area contributed by atoms with Crippen LogP contribution in [0.4, 0.5) is 0 Å².